The molecule has 1 aliphatic heterocycles. The van der Waals surface area contributed by atoms with Gasteiger partial charge in [-0.3, -0.25) is 4.99 Å². The first-order chi connectivity index (χ1) is 8.83. The Kier molecular flexibility index (Phi) is 5.12. The minimum absolute atomic E-state index is 0. The molecule has 2 aliphatic carbocycles. The third-order valence-electron chi connectivity index (χ3n) is 4.03. The fourth-order valence-corrected chi connectivity index (χ4v) is 3.25. The number of aliphatic imine (C=N–C) groups is 1. The first-order valence-electron chi connectivity index (χ1n) is 6.86. The van der Waals surface area contributed by atoms with Crippen molar-refractivity contribution in [1.82, 2.24) is 5.32 Å². The van der Waals surface area contributed by atoms with E-state index in [1.54, 1.807) is 5.57 Å². The molecule has 0 spiro atoms. The second-order valence-electron chi connectivity index (χ2n) is 5.23. The predicted molar refractivity (Wildman–Crippen MR) is 84.2 cm³/mol. The van der Waals surface area contributed by atoms with Gasteiger partial charge in [-0.2, -0.15) is 0 Å². The lowest BCUT2D eigenvalue weighted by molar-refractivity contribution is 0.516. The summed E-state index contributed by atoms with van der Waals surface area (Å²) in [5.74, 6) is 1.83. The molecule has 19 heavy (non-hydrogen) atoms. The Morgan fingerprint density at radius 2 is 2.26 bits per heavy atom. The fraction of sp³-hybridized carbons (Fsp3) is 0.533. The number of hydrogen-bond acceptors (Lipinski definition) is 2. The number of allylic oxidation sites excluding steroid dienone is 6. The van der Waals surface area contributed by atoms with Crippen LogP contribution in [-0.4, -0.2) is 18.9 Å². The Balaban J connectivity index is 0.00000133. The number of nitrogens with one attached hydrogen (secondary N) is 1. The standard InChI is InChI=1S/C15H19ClN2.ClH/c16-13-5-4-11-2-1-3-12(14(11)7-6-13)10-15-17-8-9-18-15;/h5-7,12H,1-4,8-10H2,(H,17,18);1H. The quantitative estimate of drug-likeness (QED) is 0.819. The summed E-state index contributed by atoms with van der Waals surface area (Å²) in [6.07, 6.45) is 12.3. The van der Waals surface area contributed by atoms with Gasteiger partial charge in [0.25, 0.3) is 0 Å². The fourth-order valence-electron chi connectivity index (χ4n) is 3.11. The van der Waals surface area contributed by atoms with Gasteiger partial charge in [0.2, 0.25) is 0 Å². The van der Waals surface area contributed by atoms with Crippen LogP contribution in [0.15, 0.2) is 39.4 Å². The van der Waals surface area contributed by atoms with Gasteiger partial charge >= 0.3 is 0 Å². The largest absolute Gasteiger partial charge is 0.372 e. The first kappa shape index (κ1) is 14.7. The SMILES string of the molecule is Cl.ClC1=CCC2=C(C=C1)C(CC1=NCCN1)CCC2. The smallest absolute Gasteiger partial charge is 0.0970 e. The molecule has 0 amide bonds. The second-order valence-corrected chi connectivity index (χ2v) is 5.67. The highest BCUT2D eigenvalue weighted by Gasteiger charge is 2.24. The molecule has 0 aromatic heterocycles. The maximum atomic E-state index is 6.12. The van der Waals surface area contributed by atoms with Crippen LogP contribution < -0.4 is 5.32 Å². The highest BCUT2D eigenvalue weighted by molar-refractivity contribution is 6.31. The summed E-state index contributed by atoms with van der Waals surface area (Å²) in [7, 11) is 0. The molecular formula is C15H20Cl2N2. The average Bonchev–Trinajstić information content (AvgIpc) is 2.80. The second kappa shape index (κ2) is 6.62. The molecule has 1 heterocycles. The number of rotatable bonds is 2. The van der Waals surface area contributed by atoms with Crippen molar-refractivity contribution < 1.29 is 0 Å². The summed E-state index contributed by atoms with van der Waals surface area (Å²) in [6, 6.07) is 0. The summed E-state index contributed by atoms with van der Waals surface area (Å²) in [5, 5.41) is 4.26. The topological polar surface area (TPSA) is 24.4 Å². The van der Waals surface area contributed by atoms with E-state index >= 15 is 0 Å². The van der Waals surface area contributed by atoms with Crippen LogP contribution in [0, 0.1) is 5.92 Å². The van der Waals surface area contributed by atoms with Crippen molar-refractivity contribution in [1.29, 1.82) is 0 Å². The zero-order valence-corrected chi connectivity index (χ0v) is 12.6. The molecular weight excluding hydrogens is 279 g/mol. The molecule has 0 aromatic rings. The Bertz CT molecular complexity index is 461. The van der Waals surface area contributed by atoms with E-state index in [0.29, 0.717) is 5.92 Å². The third-order valence-corrected chi connectivity index (χ3v) is 4.31. The van der Waals surface area contributed by atoms with Crippen LogP contribution in [-0.2, 0) is 0 Å². The highest BCUT2D eigenvalue weighted by Crippen LogP contribution is 2.37. The summed E-state index contributed by atoms with van der Waals surface area (Å²) in [6.45, 7) is 1.95. The Morgan fingerprint density at radius 3 is 3.05 bits per heavy atom. The van der Waals surface area contributed by atoms with Gasteiger partial charge in [-0.1, -0.05) is 29.3 Å². The number of hydrogen-bond donors (Lipinski definition) is 1. The number of amidine groups is 1. The molecule has 0 aromatic carbocycles. The van der Waals surface area contributed by atoms with E-state index in [2.05, 4.69) is 22.5 Å². The van der Waals surface area contributed by atoms with Gasteiger partial charge in [0.05, 0.1) is 12.4 Å². The molecule has 1 N–H and O–H groups in total. The molecule has 1 unspecified atom stereocenters. The van der Waals surface area contributed by atoms with Crippen LogP contribution in [0.3, 0.4) is 0 Å². The molecule has 2 nitrogen and oxygen atoms in total. The van der Waals surface area contributed by atoms with E-state index in [9.17, 15) is 0 Å². The van der Waals surface area contributed by atoms with E-state index in [-0.39, 0.29) is 12.4 Å². The minimum Gasteiger partial charge on any atom is -0.372 e. The summed E-state index contributed by atoms with van der Waals surface area (Å²) < 4.78 is 0. The van der Waals surface area contributed by atoms with Crippen LogP contribution in [0.2, 0.25) is 0 Å². The molecule has 3 aliphatic rings. The molecule has 0 bridgehead atoms. The maximum absolute atomic E-state index is 6.12. The van der Waals surface area contributed by atoms with Crippen LogP contribution >= 0.6 is 24.0 Å². The number of nitrogens with zero attached hydrogens (tertiary/aromatic N) is 1. The van der Waals surface area contributed by atoms with Crippen molar-refractivity contribution in [3.8, 4) is 0 Å². The summed E-state index contributed by atoms with van der Waals surface area (Å²) >= 11 is 6.12. The van der Waals surface area contributed by atoms with Crippen LogP contribution in [0.4, 0.5) is 0 Å². The van der Waals surface area contributed by atoms with E-state index in [0.717, 1.165) is 31.0 Å². The maximum Gasteiger partial charge on any atom is 0.0970 e. The third kappa shape index (κ3) is 3.43. The van der Waals surface area contributed by atoms with Crippen molar-refractivity contribution in [2.24, 2.45) is 10.9 Å². The van der Waals surface area contributed by atoms with Crippen molar-refractivity contribution >= 4 is 29.8 Å². The zero-order chi connectivity index (χ0) is 12.4. The van der Waals surface area contributed by atoms with Gasteiger partial charge in [0, 0.05) is 18.0 Å². The predicted octanol–water partition coefficient (Wildman–Crippen LogP) is 3.98. The van der Waals surface area contributed by atoms with E-state index in [4.69, 9.17) is 11.6 Å². The monoisotopic (exact) mass is 298 g/mol. The molecule has 0 radical (unpaired) electrons. The average molecular weight is 299 g/mol. The molecule has 0 fully saturated rings. The van der Waals surface area contributed by atoms with Crippen molar-refractivity contribution in [2.75, 3.05) is 13.1 Å². The van der Waals surface area contributed by atoms with Gasteiger partial charge in [-0.05, 0) is 43.3 Å². The molecule has 0 saturated carbocycles. The normalized spacial score (nSPS) is 25.8. The van der Waals surface area contributed by atoms with Crippen molar-refractivity contribution in [3.63, 3.8) is 0 Å². The lowest BCUT2D eigenvalue weighted by atomic mass is 9.80. The highest BCUT2D eigenvalue weighted by atomic mass is 35.5. The molecule has 1 atom stereocenters. The lowest BCUT2D eigenvalue weighted by Crippen LogP contribution is -2.23. The van der Waals surface area contributed by atoms with E-state index in [1.165, 1.54) is 30.7 Å². The van der Waals surface area contributed by atoms with Gasteiger partial charge in [0.15, 0.2) is 0 Å². The van der Waals surface area contributed by atoms with E-state index < -0.39 is 0 Å². The lowest BCUT2D eigenvalue weighted by Gasteiger charge is -2.26. The summed E-state index contributed by atoms with van der Waals surface area (Å²) in [4.78, 5) is 4.53. The van der Waals surface area contributed by atoms with Crippen molar-refractivity contribution in [2.45, 2.75) is 32.1 Å². The van der Waals surface area contributed by atoms with Crippen molar-refractivity contribution in [3.05, 3.63) is 34.4 Å². The van der Waals surface area contributed by atoms with Gasteiger partial charge in [-0.25, -0.2) is 0 Å². The first-order valence-corrected chi connectivity index (χ1v) is 7.23. The van der Waals surface area contributed by atoms with Crippen LogP contribution in [0.25, 0.3) is 0 Å². The molecule has 3 rings (SSSR count). The summed E-state index contributed by atoms with van der Waals surface area (Å²) in [5.41, 5.74) is 3.10. The number of halogens is 2. The van der Waals surface area contributed by atoms with Gasteiger partial charge in [0.1, 0.15) is 0 Å². The van der Waals surface area contributed by atoms with Crippen LogP contribution in [0.1, 0.15) is 32.1 Å². The Morgan fingerprint density at radius 1 is 1.37 bits per heavy atom. The zero-order valence-electron chi connectivity index (χ0n) is 11.0. The van der Waals surface area contributed by atoms with E-state index in [1.807, 2.05) is 6.08 Å². The van der Waals surface area contributed by atoms with Gasteiger partial charge < -0.3 is 5.32 Å². The Labute approximate surface area is 126 Å². The minimum atomic E-state index is 0. The molecule has 104 valence electrons. The van der Waals surface area contributed by atoms with Crippen LogP contribution in [0.5, 0.6) is 0 Å². The molecule has 4 heteroatoms. The Hall–Kier alpha value is -0.730. The molecule has 0 saturated heterocycles. The van der Waals surface area contributed by atoms with Gasteiger partial charge in [-0.15, -0.1) is 12.4 Å².